The Morgan fingerprint density at radius 3 is 2.70 bits per heavy atom. The second-order valence-corrected chi connectivity index (χ2v) is 8.55. The molecule has 0 spiro atoms. The first-order valence-corrected chi connectivity index (χ1v) is 11.0. The van der Waals surface area contributed by atoms with Gasteiger partial charge in [0.15, 0.2) is 6.61 Å². The topological polar surface area (TPSA) is 78.1 Å². The van der Waals surface area contributed by atoms with E-state index in [1.54, 1.807) is 11.3 Å². The number of nitrogens with zero attached hydrogens (tertiary/aromatic N) is 3. The van der Waals surface area contributed by atoms with Crippen LogP contribution in [-0.4, -0.2) is 21.2 Å². The molecule has 2 heterocycles. The Morgan fingerprint density at radius 1 is 1.03 bits per heavy atom. The number of thiazole rings is 1. The largest absolute Gasteiger partial charge is 0.455 e. The Hall–Kier alpha value is -3.06. The van der Waals surface area contributed by atoms with E-state index >= 15 is 0 Å². The van der Waals surface area contributed by atoms with Crippen LogP contribution in [0.3, 0.4) is 0 Å². The van der Waals surface area contributed by atoms with E-state index in [0.29, 0.717) is 11.8 Å². The number of carbonyl (C=O) groups is 1. The van der Waals surface area contributed by atoms with Gasteiger partial charge in [-0.3, -0.25) is 4.79 Å². The zero-order valence-electron chi connectivity index (χ0n) is 16.4. The third-order valence-electron chi connectivity index (χ3n) is 5.52. The molecule has 0 amide bonds. The molecule has 2 aromatic heterocycles. The highest BCUT2D eigenvalue weighted by molar-refractivity contribution is 7.18. The molecular weight excluding hydrogens is 398 g/mol. The van der Waals surface area contributed by atoms with Crippen molar-refractivity contribution in [2.24, 2.45) is 5.92 Å². The van der Waals surface area contributed by atoms with Gasteiger partial charge >= 0.3 is 5.97 Å². The summed E-state index contributed by atoms with van der Waals surface area (Å²) in [6, 6.07) is 17.6. The van der Waals surface area contributed by atoms with Crippen LogP contribution in [0.2, 0.25) is 0 Å². The fourth-order valence-corrected chi connectivity index (χ4v) is 5.17. The minimum Gasteiger partial charge on any atom is -0.455 e. The molecule has 1 aliphatic carbocycles. The third-order valence-corrected chi connectivity index (χ3v) is 6.69. The molecule has 152 valence electrons. The van der Waals surface area contributed by atoms with E-state index in [4.69, 9.17) is 14.1 Å². The summed E-state index contributed by atoms with van der Waals surface area (Å²) in [7, 11) is 0. The number of rotatable bonds is 5. The molecule has 1 saturated carbocycles. The van der Waals surface area contributed by atoms with Crippen molar-refractivity contribution in [2.45, 2.75) is 38.2 Å². The highest BCUT2D eigenvalue weighted by Crippen LogP contribution is 2.41. The monoisotopic (exact) mass is 419 g/mol. The molecule has 1 aliphatic rings. The highest BCUT2D eigenvalue weighted by Gasteiger charge is 2.35. The van der Waals surface area contributed by atoms with Gasteiger partial charge in [0.1, 0.15) is 0 Å². The van der Waals surface area contributed by atoms with E-state index < -0.39 is 0 Å². The lowest BCUT2D eigenvalue weighted by atomic mass is 9.79. The predicted octanol–water partition coefficient (Wildman–Crippen LogP) is 5.36. The van der Waals surface area contributed by atoms with Crippen molar-refractivity contribution in [3.63, 3.8) is 0 Å². The van der Waals surface area contributed by atoms with E-state index in [-0.39, 0.29) is 24.4 Å². The van der Waals surface area contributed by atoms with Crippen molar-refractivity contribution < 1.29 is 13.9 Å². The summed E-state index contributed by atoms with van der Waals surface area (Å²) >= 11 is 1.68. The van der Waals surface area contributed by atoms with Crippen LogP contribution in [0.4, 0.5) is 0 Å². The summed E-state index contributed by atoms with van der Waals surface area (Å²) in [5.41, 5.74) is 1.83. The summed E-state index contributed by atoms with van der Waals surface area (Å²) in [6.45, 7) is -0.0122. The van der Waals surface area contributed by atoms with Gasteiger partial charge in [0.25, 0.3) is 5.89 Å². The Balaban J connectivity index is 1.28. The van der Waals surface area contributed by atoms with Crippen molar-refractivity contribution in [3.8, 4) is 11.5 Å². The summed E-state index contributed by atoms with van der Waals surface area (Å²) < 4.78 is 12.4. The third kappa shape index (κ3) is 3.85. The molecule has 0 bridgehead atoms. The van der Waals surface area contributed by atoms with E-state index in [2.05, 4.69) is 16.3 Å². The number of hydrogen-bond acceptors (Lipinski definition) is 7. The standard InChI is InChI=1S/C23H21N3O3S/c27-23(28-14-20-25-26-21(29-20)15-8-2-1-3-9-15)17-11-5-4-10-16(17)22-24-18-12-6-7-13-19(18)30-22/h1-3,6-9,12-13,16-17H,4-5,10-11,14H2/t16-,17-/m1/s1. The second kappa shape index (κ2) is 8.36. The predicted molar refractivity (Wildman–Crippen MR) is 114 cm³/mol. The molecule has 0 saturated heterocycles. The van der Waals surface area contributed by atoms with Crippen LogP contribution >= 0.6 is 11.3 Å². The fraction of sp³-hybridized carbons (Fsp3) is 0.304. The second-order valence-electron chi connectivity index (χ2n) is 7.49. The molecule has 4 aromatic rings. The van der Waals surface area contributed by atoms with E-state index in [0.717, 1.165) is 46.5 Å². The van der Waals surface area contributed by atoms with Crippen LogP contribution in [0.25, 0.3) is 21.7 Å². The Morgan fingerprint density at radius 2 is 1.83 bits per heavy atom. The Labute approximate surface area is 177 Å². The molecular formula is C23H21N3O3S. The first-order valence-electron chi connectivity index (χ1n) is 10.2. The molecule has 0 N–H and O–H groups in total. The quantitative estimate of drug-likeness (QED) is 0.405. The van der Waals surface area contributed by atoms with Crippen LogP contribution in [-0.2, 0) is 16.1 Å². The number of ether oxygens (including phenoxy) is 1. The lowest BCUT2D eigenvalue weighted by Crippen LogP contribution is -2.27. The maximum Gasteiger partial charge on any atom is 0.310 e. The molecule has 0 aliphatic heterocycles. The average Bonchev–Trinajstić information content (AvgIpc) is 3.45. The number of para-hydroxylation sites is 1. The Kier molecular flexibility index (Phi) is 5.27. The maximum absolute atomic E-state index is 12.9. The van der Waals surface area contributed by atoms with Gasteiger partial charge in [-0.25, -0.2) is 4.98 Å². The number of benzene rings is 2. The highest BCUT2D eigenvalue weighted by atomic mass is 32.1. The first-order chi connectivity index (χ1) is 14.8. The summed E-state index contributed by atoms with van der Waals surface area (Å²) in [5, 5.41) is 9.09. The fourth-order valence-electron chi connectivity index (χ4n) is 4.01. The van der Waals surface area contributed by atoms with Gasteiger partial charge in [0.2, 0.25) is 5.89 Å². The Bertz CT molecular complexity index is 1120. The van der Waals surface area contributed by atoms with Crippen molar-refractivity contribution in [1.29, 1.82) is 0 Å². The zero-order valence-corrected chi connectivity index (χ0v) is 17.2. The number of esters is 1. The van der Waals surface area contributed by atoms with Gasteiger partial charge in [0.05, 0.1) is 21.1 Å². The summed E-state index contributed by atoms with van der Waals surface area (Å²) in [6.07, 6.45) is 3.91. The van der Waals surface area contributed by atoms with E-state index in [9.17, 15) is 4.79 Å². The van der Waals surface area contributed by atoms with Crippen LogP contribution < -0.4 is 0 Å². The van der Waals surface area contributed by atoms with Crippen LogP contribution in [0.5, 0.6) is 0 Å². The lowest BCUT2D eigenvalue weighted by molar-refractivity contribution is -0.152. The van der Waals surface area contributed by atoms with Crippen molar-refractivity contribution in [1.82, 2.24) is 15.2 Å². The SMILES string of the molecule is O=C(OCc1nnc(-c2ccccc2)o1)[C@@H]1CCCC[C@H]1c1nc2ccccc2s1. The number of carbonyl (C=O) groups excluding carboxylic acids is 1. The molecule has 2 aromatic carbocycles. The van der Waals surface area contributed by atoms with Gasteiger partial charge in [-0.1, -0.05) is 43.2 Å². The minimum atomic E-state index is -0.210. The number of hydrogen-bond donors (Lipinski definition) is 0. The molecule has 0 unspecified atom stereocenters. The van der Waals surface area contributed by atoms with Crippen molar-refractivity contribution in [3.05, 3.63) is 65.5 Å². The molecule has 5 rings (SSSR count). The number of fused-ring (bicyclic) bond motifs is 1. The zero-order chi connectivity index (χ0) is 20.3. The minimum absolute atomic E-state index is 0.0122. The smallest absolute Gasteiger partial charge is 0.310 e. The van der Waals surface area contributed by atoms with Crippen LogP contribution in [0.15, 0.2) is 59.0 Å². The van der Waals surface area contributed by atoms with E-state index in [1.165, 1.54) is 0 Å². The molecule has 0 radical (unpaired) electrons. The van der Waals surface area contributed by atoms with E-state index in [1.807, 2.05) is 48.5 Å². The average molecular weight is 420 g/mol. The van der Waals surface area contributed by atoms with Crippen molar-refractivity contribution in [2.75, 3.05) is 0 Å². The molecule has 2 atom stereocenters. The van der Waals surface area contributed by atoms with Gasteiger partial charge in [-0.15, -0.1) is 21.5 Å². The normalized spacial score (nSPS) is 19.1. The van der Waals surface area contributed by atoms with Crippen LogP contribution in [0.1, 0.15) is 42.5 Å². The molecule has 30 heavy (non-hydrogen) atoms. The van der Waals surface area contributed by atoms with Gasteiger partial charge in [-0.05, 0) is 37.1 Å². The van der Waals surface area contributed by atoms with Crippen LogP contribution in [0, 0.1) is 5.92 Å². The molecule has 6 nitrogen and oxygen atoms in total. The lowest BCUT2D eigenvalue weighted by Gasteiger charge is -2.28. The molecule has 1 fully saturated rings. The maximum atomic E-state index is 12.9. The number of aromatic nitrogens is 3. The molecule has 7 heteroatoms. The van der Waals surface area contributed by atoms with Gasteiger partial charge in [-0.2, -0.15) is 0 Å². The van der Waals surface area contributed by atoms with Gasteiger partial charge in [0, 0.05) is 11.5 Å². The van der Waals surface area contributed by atoms with Crippen molar-refractivity contribution >= 4 is 27.5 Å². The summed E-state index contributed by atoms with van der Waals surface area (Å²) in [4.78, 5) is 17.7. The van der Waals surface area contributed by atoms with Gasteiger partial charge < -0.3 is 9.15 Å². The first kappa shape index (κ1) is 18.9. The summed E-state index contributed by atoms with van der Waals surface area (Å²) in [5.74, 6) is 0.432.